The maximum absolute atomic E-state index is 12.9. The zero-order valence-electron chi connectivity index (χ0n) is 23.2. The Morgan fingerprint density at radius 2 is 1.93 bits per heavy atom. The maximum Gasteiger partial charge on any atom is 0.338 e. The molecule has 1 aliphatic heterocycles. The number of carboxylic acid groups (broad SMARTS) is 1. The lowest BCUT2D eigenvalue weighted by molar-refractivity contribution is -0.00184. The van der Waals surface area contributed by atoms with E-state index in [0.717, 1.165) is 47.3 Å². The van der Waals surface area contributed by atoms with Gasteiger partial charge in [-0.3, -0.25) is 0 Å². The molecule has 4 atom stereocenters. The van der Waals surface area contributed by atoms with Crippen molar-refractivity contribution in [3.05, 3.63) is 105 Å². The van der Waals surface area contributed by atoms with E-state index in [1.54, 1.807) is 36.4 Å². The first kappa shape index (κ1) is 28.8. The van der Waals surface area contributed by atoms with Crippen LogP contribution in [0.1, 0.15) is 57.5 Å². The summed E-state index contributed by atoms with van der Waals surface area (Å²) >= 11 is 9.78. The zero-order valence-corrected chi connectivity index (χ0v) is 25.6. The molecule has 6 nitrogen and oxygen atoms in total. The molecule has 0 saturated heterocycles. The molecule has 0 amide bonds. The SMILES string of the molecule is C=CC(OC(=O)c1ccc(Br)cc1)[C@@H]1CC[C@H]1CN1C[C@@]2(CCCc3cc(Cl)ccc32)COc2ccc(C(=O)O)cc21. The third-order valence-corrected chi connectivity index (χ3v) is 9.96. The standard InChI is InChI=1S/C34H33BrClNO5/c1-2-30(42-33(40)21-5-9-25(35)10-6-21)27-12-7-24(27)18-37-19-34(15-3-4-22-16-26(36)11-13-28(22)34)20-41-31-14-8-23(32(38)39)17-29(31)37/h2,5-6,8-11,13-14,16-17,24,27,30H,1,3-4,7,12,15,18-20H2,(H,38,39)/t24-,27+,30?,34-/m0/s1. The minimum absolute atomic E-state index is 0.116. The van der Waals surface area contributed by atoms with Crippen molar-refractivity contribution in [3.8, 4) is 5.75 Å². The second-order valence-electron chi connectivity index (χ2n) is 11.7. The van der Waals surface area contributed by atoms with E-state index in [0.29, 0.717) is 31.0 Å². The third kappa shape index (κ3) is 5.57. The number of rotatable bonds is 7. The summed E-state index contributed by atoms with van der Waals surface area (Å²) in [5.41, 5.74) is 3.77. The van der Waals surface area contributed by atoms with Gasteiger partial charge in [0.15, 0.2) is 0 Å². The van der Waals surface area contributed by atoms with Gasteiger partial charge in [0.2, 0.25) is 0 Å². The second kappa shape index (κ2) is 11.8. The number of hydrogen-bond donors (Lipinski definition) is 1. The van der Waals surface area contributed by atoms with Crippen molar-refractivity contribution in [2.24, 2.45) is 11.8 Å². The van der Waals surface area contributed by atoms with Crippen molar-refractivity contribution < 1.29 is 24.2 Å². The number of aromatic carboxylic acids is 1. The molecule has 218 valence electrons. The second-order valence-corrected chi connectivity index (χ2v) is 13.1. The van der Waals surface area contributed by atoms with Crippen LogP contribution >= 0.6 is 27.5 Å². The molecule has 42 heavy (non-hydrogen) atoms. The summed E-state index contributed by atoms with van der Waals surface area (Å²) in [4.78, 5) is 27.2. The van der Waals surface area contributed by atoms with Gasteiger partial charge in [0.25, 0.3) is 0 Å². The van der Waals surface area contributed by atoms with Gasteiger partial charge in [-0.25, -0.2) is 9.59 Å². The molecule has 1 heterocycles. The van der Waals surface area contributed by atoms with Crippen LogP contribution in [0.4, 0.5) is 5.69 Å². The van der Waals surface area contributed by atoms with Gasteiger partial charge in [0.1, 0.15) is 11.9 Å². The molecule has 3 aromatic rings. The number of ether oxygens (including phenoxy) is 2. The van der Waals surface area contributed by atoms with E-state index in [2.05, 4.69) is 39.5 Å². The molecular weight excluding hydrogens is 618 g/mol. The lowest BCUT2D eigenvalue weighted by atomic mass is 9.68. The smallest absolute Gasteiger partial charge is 0.338 e. The van der Waals surface area contributed by atoms with Gasteiger partial charge >= 0.3 is 11.9 Å². The predicted molar refractivity (Wildman–Crippen MR) is 167 cm³/mol. The highest BCUT2D eigenvalue weighted by atomic mass is 79.9. The van der Waals surface area contributed by atoms with Gasteiger partial charge in [-0.05, 0) is 104 Å². The number of anilines is 1. The number of nitrogens with zero attached hydrogens (tertiary/aromatic N) is 1. The van der Waals surface area contributed by atoms with Gasteiger partial charge in [0, 0.05) is 33.9 Å². The lowest BCUT2D eigenvalue weighted by Crippen LogP contribution is -2.49. The lowest BCUT2D eigenvalue weighted by Gasteiger charge is -2.45. The minimum Gasteiger partial charge on any atom is -0.490 e. The molecule has 2 aliphatic carbocycles. The van der Waals surface area contributed by atoms with Crippen LogP contribution in [0.2, 0.25) is 5.02 Å². The van der Waals surface area contributed by atoms with Gasteiger partial charge < -0.3 is 19.5 Å². The largest absolute Gasteiger partial charge is 0.490 e. The summed E-state index contributed by atoms with van der Waals surface area (Å²) in [6, 6.07) is 18.4. The first-order valence-corrected chi connectivity index (χ1v) is 15.6. The Balaban J connectivity index is 1.29. The summed E-state index contributed by atoms with van der Waals surface area (Å²) in [7, 11) is 0. The molecule has 3 aliphatic rings. The number of halogens is 2. The quantitative estimate of drug-likeness (QED) is 0.209. The van der Waals surface area contributed by atoms with Crippen molar-refractivity contribution in [2.45, 2.75) is 43.6 Å². The fourth-order valence-electron chi connectivity index (χ4n) is 6.87. The normalized spacial score (nSPS) is 23.4. The molecule has 1 fully saturated rings. The van der Waals surface area contributed by atoms with Gasteiger partial charge in [-0.2, -0.15) is 0 Å². The van der Waals surface area contributed by atoms with E-state index in [4.69, 9.17) is 21.1 Å². The highest BCUT2D eigenvalue weighted by molar-refractivity contribution is 9.10. The van der Waals surface area contributed by atoms with E-state index in [-0.39, 0.29) is 28.8 Å². The number of carboxylic acids is 1. The van der Waals surface area contributed by atoms with Gasteiger partial charge in [0.05, 0.1) is 23.4 Å². The van der Waals surface area contributed by atoms with Crippen molar-refractivity contribution in [3.63, 3.8) is 0 Å². The summed E-state index contributed by atoms with van der Waals surface area (Å²) in [6.45, 7) is 5.88. The molecule has 1 spiro atoms. The molecule has 6 rings (SSSR count). The minimum atomic E-state index is -0.970. The van der Waals surface area contributed by atoms with E-state index in [1.807, 2.05) is 18.2 Å². The first-order chi connectivity index (χ1) is 20.3. The molecule has 1 N–H and O–H groups in total. The Labute approximate surface area is 259 Å². The number of benzene rings is 3. The Morgan fingerprint density at radius 1 is 1.14 bits per heavy atom. The van der Waals surface area contributed by atoms with Crippen molar-refractivity contribution in [1.82, 2.24) is 0 Å². The number of esters is 1. The molecular formula is C34H33BrClNO5. The van der Waals surface area contributed by atoms with Crippen molar-refractivity contribution in [1.29, 1.82) is 0 Å². The Morgan fingerprint density at radius 3 is 2.64 bits per heavy atom. The molecule has 0 aromatic heterocycles. The van der Waals surface area contributed by atoms with Crippen LogP contribution in [0.3, 0.4) is 0 Å². The topological polar surface area (TPSA) is 76.1 Å². The van der Waals surface area contributed by atoms with E-state index in [1.165, 1.54) is 11.1 Å². The molecule has 0 bridgehead atoms. The van der Waals surface area contributed by atoms with Gasteiger partial charge in [-0.1, -0.05) is 46.3 Å². The Hall–Kier alpha value is -3.29. The third-order valence-electron chi connectivity index (χ3n) is 9.19. The van der Waals surface area contributed by atoms with Crippen LogP contribution in [0.15, 0.2) is 77.8 Å². The number of aryl methyl sites for hydroxylation is 1. The van der Waals surface area contributed by atoms with Crippen LogP contribution in [-0.2, 0) is 16.6 Å². The van der Waals surface area contributed by atoms with E-state index in [9.17, 15) is 14.7 Å². The Kier molecular flexibility index (Phi) is 8.07. The number of carbonyl (C=O) groups excluding carboxylic acids is 1. The maximum atomic E-state index is 12.9. The molecule has 1 saturated carbocycles. The molecule has 3 aromatic carbocycles. The van der Waals surface area contributed by atoms with Crippen LogP contribution in [-0.4, -0.2) is 42.8 Å². The fraction of sp³-hybridized carbons (Fsp3) is 0.353. The molecule has 8 heteroatoms. The summed E-state index contributed by atoms with van der Waals surface area (Å²) in [5.74, 6) is -0.298. The zero-order chi connectivity index (χ0) is 29.4. The summed E-state index contributed by atoms with van der Waals surface area (Å²) < 4.78 is 13.3. The molecule has 0 radical (unpaired) electrons. The molecule has 1 unspecified atom stereocenters. The predicted octanol–water partition coefficient (Wildman–Crippen LogP) is 7.71. The monoisotopic (exact) mass is 649 g/mol. The van der Waals surface area contributed by atoms with Crippen LogP contribution in [0.5, 0.6) is 5.75 Å². The number of carbonyl (C=O) groups is 2. The first-order valence-electron chi connectivity index (χ1n) is 14.4. The average molecular weight is 651 g/mol. The number of hydrogen-bond acceptors (Lipinski definition) is 5. The fourth-order valence-corrected chi connectivity index (χ4v) is 7.33. The highest BCUT2D eigenvalue weighted by Gasteiger charge is 2.44. The van der Waals surface area contributed by atoms with Crippen molar-refractivity contribution >= 4 is 45.2 Å². The van der Waals surface area contributed by atoms with Crippen molar-refractivity contribution in [2.75, 3.05) is 24.6 Å². The van der Waals surface area contributed by atoms with Crippen LogP contribution < -0.4 is 9.64 Å². The van der Waals surface area contributed by atoms with E-state index < -0.39 is 12.1 Å². The summed E-state index contributed by atoms with van der Waals surface area (Å²) in [5, 5.41) is 10.5. The average Bonchev–Trinajstić information content (AvgIpc) is 3.12. The van der Waals surface area contributed by atoms with Gasteiger partial charge in [-0.15, -0.1) is 0 Å². The van der Waals surface area contributed by atoms with Crippen LogP contribution in [0, 0.1) is 11.8 Å². The van der Waals surface area contributed by atoms with Crippen LogP contribution in [0.25, 0.3) is 0 Å². The number of fused-ring (bicyclic) bond motifs is 3. The summed E-state index contributed by atoms with van der Waals surface area (Å²) in [6.07, 6.45) is 6.19. The Bertz CT molecular complexity index is 1520. The highest BCUT2D eigenvalue weighted by Crippen LogP contribution is 2.47. The van der Waals surface area contributed by atoms with E-state index >= 15 is 0 Å².